The number of carbonyl (C=O) groups excluding carboxylic acids is 2. The Morgan fingerprint density at radius 1 is 1.10 bits per heavy atom. The molecule has 0 fully saturated rings. The first-order valence-corrected chi connectivity index (χ1v) is 7.61. The van der Waals surface area contributed by atoms with Crippen LogP contribution in [0.5, 0.6) is 0 Å². The van der Waals surface area contributed by atoms with Gasteiger partial charge in [-0.25, -0.2) is 0 Å². The molecular weight excluding hydrogens is 379 g/mol. The van der Waals surface area contributed by atoms with Gasteiger partial charge >= 0.3 is 5.91 Å². The predicted octanol–water partition coefficient (Wildman–Crippen LogP) is 3.20. The molecule has 0 saturated heterocycles. The van der Waals surface area contributed by atoms with Gasteiger partial charge in [-0.3, -0.25) is 14.5 Å². The van der Waals surface area contributed by atoms with Gasteiger partial charge in [-0.15, -0.1) is 0 Å². The fraction of sp³-hybridized carbons (Fsp3) is 0.125. The Morgan fingerprint density at radius 3 is 2.62 bits per heavy atom. The molecule has 0 unspecified atom stereocenters. The van der Waals surface area contributed by atoms with E-state index in [1.165, 1.54) is 4.90 Å². The number of carbonyl (C=O) groups is 2. The summed E-state index contributed by atoms with van der Waals surface area (Å²) in [5.74, 6) is -0.917. The van der Waals surface area contributed by atoms with Crippen LogP contribution >= 0.6 is 22.6 Å². The number of hydrogen-bond donors (Lipinski definition) is 1. The summed E-state index contributed by atoms with van der Waals surface area (Å²) in [4.78, 5) is 25.5. The normalized spacial score (nSPS) is 13.5. The first-order chi connectivity index (χ1) is 10.1. The molecule has 1 aliphatic heterocycles. The van der Waals surface area contributed by atoms with Crippen LogP contribution in [0.15, 0.2) is 42.5 Å². The third kappa shape index (κ3) is 2.42. The van der Waals surface area contributed by atoms with Crippen LogP contribution in [0, 0.1) is 10.5 Å². The molecule has 0 bridgehead atoms. The first-order valence-electron chi connectivity index (χ1n) is 6.54. The number of ketones is 1. The van der Waals surface area contributed by atoms with Gasteiger partial charge in [0.15, 0.2) is 0 Å². The molecule has 0 spiro atoms. The molecule has 2 aromatic carbocycles. The topological polar surface area (TPSA) is 49.4 Å². The highest BCUT2D eigenvalue weighted by Crippen LogP contribution is 2.29. The van der Waals surface area contributed by atoms with E-state index >= 15 is 0 Å². The molecule has 1 heterocycles. The number of para-hydroxylation sites is 2. The lowest BCUT2D eigenvalue weighted by Crippen LogP contribution is -2.34. The fourth-order valence-corrected chi connectivity index (χ4v) is 3.24. The molecule has 5 heteroatoms. The molecule has 1 N–H and O–H groups in total. The molecular formula is C16H13IN2O2. The Balaban J connectivity index is 1.86. The molecule has 1 amide bonds. The summed E-state index contributed by atoms with van der Waals surface area (Å²) in [6.45, 7) is 2.29. The minimum atomic E-state index is -0.479. The Morgan fingerprint density at radius 2 is 1.86 bits per heavy atom. The zero-order valence-corrected chi connectivity index (χ0v) is 13.5. The SMILES string of the molecule is Cc1cccc(I)c1NCN1C(=O)C(=O)c2ccccc21. The summed E-state index contributed by atoms with van der Waals surface area (Å²) in [7, 11) is 0. The molecule has 0 aromatic heterocycles. The maximum Gasteiger partial charge on any atom is 0.300 e. The van der Waals surface area contributed by atoms with E-state index < -0.39 is 11.7 Å². The van der Waals surface area contributed by atoms with Gasteiger partial charge in [-0.05, 0) is 53.3 Å². The van der Waals surface area contributed by atoms with Crippen molar-refractivity contribution < 1.29 is 9.59 Å². The van der Waals surface area contributed by atoms with Crippen molar-refractivity contribution in [2.45, 2.75) is 6.92 Å². The van der Waals surface area contributed by atoms with Crippen LogP contribution < -0.4 is 10.2 Å². The number of nitrogens with one attached hydrogen (secondary N) is 1. The molecule has 0 atom stereocenters. The van der Waals surface area contributed by atoms with Crippen molar-refractivity contribution in [3.05, 3.63) is 57.2 Å². The smallest absolute Gasteiger partial charge is 0.300 e. The van der Waals surface area contributed by atoms with Gasteiger partial charge in [-0.2, -0.15) is 0 Å². The third-order valence-corrected chi connectivity index (χ3v) is 4.41. The molecule has 4 nitrogen and oxygen atoms in total. The minimum absolute atomic E-state index is 0.280. The van der Waals surface area contributed by atoms with E-state index in [1.807, 2.05) is 31.2 Å². The van der Waals surface area contributed by atoms with Gasteiger partial charge < -0.3 is 5.32 Å². The quantitative estimate of drug-likeness (QED) is 0.645. The molecule has 3 rings (SSSR count). The molecule has 0 radical (unpaired) electrons. The number of fused-ring (bicyclic) bond motifs is 1. The largest absolute Gasteiger partial charge is 0.366 e. The monoisotopic (exact) mass is 392 g/mol. The number of Topliss-reactive ketones (excluding diaryl/α,β-unsaturated/α-hetero) is 1. The van der Waals surface area contributed by atoms with Crippen molar-refractivity contribution in [1.82, 2.24) is 0 Å². The second-order valence-corrected chi connectivity index (χ2v) is 6.01. The lowest BCUT2D eigenvalue weighted by atomic mass is 10.1. The minimum Gasteiger partial charge on any atom is -0.366 e. The van der Waals surface area contributed by atoms with Crippen molar-refractivity contribution in [1.29, 1.82) is 0 Å². The number of hydrogen-bond acceptors (Lipinski definition) is 3. The van der Waals surface area contributed by atoms with Crippen LogP contribution in [-0.4, -0.2) is 18.4 Å². The summed E-state index contributed by atoms with van der Waals surface area (Å²) >= 11 is 2.25. The number of nitrogens with zero attached hydrogens (tertiary/aromatic N) is 1. The Kier molecular flexibility index (Phi) is 3.67. The van der Waals surface area contributed by atoms with Crippen molar-refractivity contribution in [3.8, 4) is 0 Å². The number of rotatable bonds is 3. The maximum atomic E-state index is 12.1. The van der Waals surface area contributed by atoms with E-state index in [0.29, 0.717) is 11.3 Å². The van der Waals surface area contributed by atoms with E-state index in [2.05, 4.69) is 27.9 Å². The number of amides is 1. The van der Waals surface area contributed by atoms with Crippen molar-refractivity contribution in [2.24, 2.45) is 0 Å². The number of aryl methyl sites for hydroxylation is 1. The van der Waals surface area contributed by atoms with Crippen LogP contribution in [0.3, 0.4) is 0 Å². The molecule has 0 saturated carbocycles. The van der Waals surface area contributed by atoms with E-state index in [1.54, 1.807) is 18.2 Å². The summed E-state index contributed by atoms with van der Waals surface area (Å²) < 4.78 is 1.08. The van der Waals surface area contributed by atoms with Gasteiger partial charge in [0.25, 0.3) is 5.78 Å². The van der Waals surface area contributed by atoms with Crippen molar-refractivity contribution in [2.75, 3.05) is 16.9 Å². The van der Waals surface area contributed by atoms with Crippen LogP contribution in [0.4, 0.5) is 11.4 Å². The zero-order valence-electron chi connectivity index (χ0n) is 11.4. The number of anilines is 2. The Labute approximate surface area is 136 Å². The van der Waals surface area contributed by atoms with E-state index in [9.17, 15) is 9.59 Å². The van der Waals surface area contributed by atoms with Crippen LogP contribution in [0.2, 0.25) is 0 Å². The molecule has 21 heavy (non-hydrogen) atoms. The molecule has 0 aliphatic carbocycles. The molecule has 106 valence electrons. The Bertz CT molecular complexity index is 723. The Hall–Kier alpha value is -1.89. The first kappa shape index (κ1) is 14.1. The standard InChI is InChI=1S/C16H13IN2O2/c1-10-5-4-7-12(17)14(10)18-9-19-13-8-3-2-6-11(13)15(20)16(19)21/h2-8,18H,9H2,1H3. The summed E-state index contributed by atoms with van der Waals surface area (Å²) in [6, 6.07) is 13.1. The van der Waals surface area contributed by atoms with E-state index in [4.69, 9.17) is 0 Å². The second kappa shape index (κ2) is 5.48. The third-order valence-electron chi connectivity index (χ3n) is 3.51. The molecule has 2 aromatic rings. The highest BCUT2D eigenvalue weighted by atomic mass is 127. The lowest BCUT2D eigenvalue weighted by molar-refractivity contribution is -0.114. The van der Waals surface area contributed by atoms with Crippen LogP contribution in [-0.2, 0) is 4.79 Å². The van der Waals surface area contributed by atoms with Crippen molar-refractivity contribution in [3.63, 3.8) is 0 Å². The number of benzene rings is 2. The van der Waals surface area contributed by atoms with Crippen LogP contribution in [0.1, 0.15) is 15.9 Å². The average Bonchev–Trinajstić information content (AvgIpc) is 2.72. The average molecular weight is 392 g/mol. The lowest BCUT2D eigenvalue weighted by Gasteiger charge is -2.19. The van der Waals surface area contributed by atoms with Gasteiger partial charge in [0.1, 0.15) is 0 Å². The fourth-order valence-electron chi connectivity index (χ4n) is 2.42. The van der Waals surface area contributed by atoms with Gasteiger partial charge in [-0.1, -0.05) is 24.3 Å². The maximum absolute atomic E-state index is 12.1. The molecule has 1 aliphatic rings. The summed E-state index contributed by atoms with van der Waals surface area (Å²) in [5, 5.41) is 3.26. The predicted molar refractivity (Wildman–Crippen MR) is 90.6 cm³/mol. The van der Waals surface area contributed by atoms with E-state index in [-0.39, 0.29) is 6.67 Å². The second-order valence-electron chi connectivity index (χ2n) is 4.85. The highest BCUT2D eigenvalue weighted by Gasteiger charge is 2.35. The summed E-state index contributed by atoms with van der Waals surface area (Å²) in [6.07, 6.45) is 0. The van der Waals surface area contributed by atoms with E-state index in [0.717, 1.165) is 14.8 Å². The van der Waals surface area contributed by atoms with Crippen LogP contribution in [0.25, 0.3) is 0 Å². The summed E-state index contributed by atoms with van der Waals surface area (Å²) in [5.41, 5.74) is 3.24. The highest BCUT2D eigenvalue weighted by molar-refractivity contribution is 14.1. The zero-order chi connectivity index (χ0) is 15.0. The van der Waals surface area contributed by atoms with Crippen molar-refractivity contribution >= 4 is 45.7 Å². The van der Waals surface area contributed by atoms with Gasteiger partial charge in [0, 0.05) is 3.57 Å². The van der Waals surface area contributed by atoms with Gasteiger partial charge in [0.2, 0.25) is 0 Å². The number of halogens is 1. The van der Waals surface area contributed by atoms with Gasteiger partial charge in [0.05, 0.1) is 23.6 Å².